The summed E-state index contributed by atoms with van der Waals surface area (Å²) in [6.45, 7) is 3.48. The van der Waals surface area contributed by atoms with E-state index < -0.39 is 5.69 Å². The molecule has 20 heavy (non-hydrogen) atoms. The van der Waals surface area contributed by atoms with E-state index in [1.54, 1.807) is 32.0 Å². The summed E-state index contributed by atoms with van der Waals surface area (Å²) in [5.41, 5.74) is 1.64. The Hall–Kier alpha value is -2.30. The average Bonchev–Trinajstić information content (AvgIpc) is 2.36. The van der Waals surface area contributed by atoms with Crippen molar-refractivity contribution in [3.05, 3.63) is 63.6 Å². The van der Waals surface area contributed by atoms with E-state index in [1.807, 2.05) is 0 Å². The fraction of sp³-hybridized carbons (Fsp3) is 0.267. The number of Topliss-reactive ketones (excluding diaryl/α,β-unsaturated/α-hetero) is 1. The lowest BCUT2D eigenvalue weighted by molar-refractivity contribution is -0.119. The molecule has 2 rings (SSSR count). The first-order valence-corrected chi connectivity index (χ1v) is 6.27. The molecular formula is C15H15FN2O2. The highest BCUT2D eigenvalue weighted by molar-refractivity contribution is 5.80. The minimum atomic E-state index is -0.421. The van der Waals surface area contributed by atoms with Crippen molar-refractivity contribution in [3.8, 4) is 0 Å². The Morgan fingerprint density at radius 3 is 2.50 bits per heavy atom. The molecule has 1 aromatic carbocycles. The lowest BCUT2D eigenvalue weighted by atomic mass is 10.1. The van der Waals surface area contributed by atoms with Crippen molar-refractivity contribution in [2.45, 2.75) is 26.8 Å². The standard InChI is InChI=1S/C15H15FN2O2/c1-10-7-11(2)18(15(20)17-10)9-14(19)8-12-3-5-13(16)6-4-12/h3-7H,8-9H2,1-2H3. The van der Waals surface area contributed by atoms with E-state index in [-0.39, 0.29) is 24.6 Å². The van der Waals surface area contributed by atoms with Gasteiger partial charge in [0.25, 0.3) is 0 Å². The number of hydrogen-bond acceptors (Lipinski definition) is 3. The minimum absolute atomic E-state index is 0.0185. The van der Waals surface area contributed by atoms with Gasteiger partial charge in [0.1, 0.15) is 5.82 Å². The maximum absolute atomic E-state index is 12.8. The summed E-state index contributed by atoms with van der Waals surface area (Å²) in [6.07, 6.45) is 0.167. The second kappa shape index (κ2) is 5.77. The summed E-state index contributed by atoms with van der Waals surface area (Å²) < 4.78 is 14.1. The van der Waals surface area contributed by atoms with Crippen molar-refractivity contribution in [1.29, 1.82) is 0 Å². The molecule has 4 nitrogen and oxygen atoms in total. The van der Waals surface area contributed by atoms with E-state index in [9.17, 15) is 14.0 Å². The van der Waals surface area contributed by atoms with Crippen LogP contribution < -0.4 is 5.69 Å². The van der Waals surface area contributed by atoms with Crippen LogP contribution in [-0.4, -0.2) is 15.3 Å². The van der Waals surface area contributed by atoms with E-state index in [2.05, 4.69) is 4.98 Å². The molecule has 0 saturated carbocycles. The van der Waals surface area contributed by atoms with Crippen LogP contribution in [0.1, 0.15) is 17.0 Å². The molecule has 1 heterocycles. The van der Waals surface area contributed by atoms with Crippen molar-refractivity contribution < 1.29 is 9.18 Å². The van der Waals surface area contributed by atoms with Crippen LogP contribution in [0.3, 0.4) is 0 Å². The molecule has 0 aliphatic carbocycles. The van der Waals surface area contributed by atoms with Gasteiger partial charge in [-0.25, -0.2) is 9.18 Å². The van der Waals surface area contributed by atoms with Gasteiger partial charge < -0.3 is 0 Å². The van der Waals surface area contributed by atoms with Gasteiger partial charge in [-0.2, -0.15) is 4.98 Å². The summed E-state index contributed by atoms with van der Waals surface area (Å²) in [5, 5.41) is 0. The summed E-state index contributed by atoms with van der Waals surface area (Å²) in [7, 11) is 0. The molecular weight excluding hydrogens is 259 g/mol. The van der Waals surface area contributed by atoms with E-state index in [0.717, 1.165) is 5.56 Å². The first-order chi connectivity index (χ1) is 9.45. The Morgan fingerprint density at radius 1 is 1.25 bits per heavy atom. The molecule has 0 N–H and O–H groups in total. The zero-order valence-electron chi connectivity index (χ0n) is 11.4. The number of carbonyl (C=O) groups excluding carboxylic acids is 1. The molecule has 5 heteroatoms. The predicted molar refractivity (Wildman–Crippen MR) is 73.1 cm³/mol. The third kappa shape index (κ3) is 3.38. The number of hydrogen-bond donors (Lipinski definition) is 0. The van der Waals surface area contributed by atoms with Crippen LogP contribution in [0, 0.1) is 19.7 Å². The van der Waals surface area contributed by atoms with Crippen molar-refractivity contribution in [1.82, 2.24) is 9.55 Å². The molecule has 0 radical (unpaired) electrons. The molecule has 0 aliphatic heterocycles. The van der Waals surface area contributed by atoms with E-state index in [1.165, 1.54) is 16.7 Å². The Balaban J connectivity index is 2.12. The van der Waals surface area contributed by atoms with Crippen LogP contribution in [-0.2, 0) is 17.8 Å². The molecule has 0 fully saturated rings. The van der Waals surface area contributed by atoms with Crippen LogP contribution in [0.5, 0.6) is 0 Å². The number of halogens is 1. The van der Waals surface area contributed by atoms with Crippen LogP contribution >= 0.6 is 0 Å². The van der Waals surface area contributed by atoms with Crippen LogP contribution in [0.15, 0.2) is 35.1 Å². The monoisotopic (exact) mass is 274 g/mol. The van der Waals surface area contributed by atoms with Crippen molar-refractivity contribution in [3.63, 3.8) is 0 Å². The molecule has 0 atom stereocenters. The van der Waals surface area contributed by atoms with Gasteiger partial charge in [0.15, 0.2) is 5.78 Å². The first kappa shape index (κ1) is 14.1. The van der Waals surface area contributed by atoms with Gasteiger partial charge >= 0.3 is 5.69 Å². The highest BCUT2D eigenvalue weighted by Gasteiger charge is 2.09. The van der Waals surface area contributed by atoms with Crippen molar-refractivity contribution >= 4 is 5.78 Å². The largest absolute Gasteiger partial charge is 0.348 e. The number of benzene rings is 1. The van der Waals surface area contributed by atoms with Crippen LogP contribution in [0.2, 0.25) is 0 Å². The Labute approximate surface area is 115 Å². The highest BCUT2D eigenvalue weighted by atomic mass is 19.1. The Bertz CT molecular complexity index is 690. The maximum Gasteiger partial charge on any atom is 0.348 e. The quantitative estimate of drug-likeness (QED) is 0.854. The van der Waals surface area contributed by atoms with Gasteiger partial charge in [-0.15, -0.1) is 0 Å². The lowest BCUT2D eigenvalue weighted by Crippen LogP contribution is -2.29. The Kier molecular flexibility index (Phi) is 4.08. The van der Waals surface area contributed by atoms with Crippen molar-refractivity contribution in [2.75, 3.05) is 0 Å². The SMILES string of the molecule is Cc1cc(C)n(CC(=O)Cc2ccc(F)cc2)c(=O)n1. The fourth-order valence-corrected chi connectivity index (χ4v) is 2.03. The second-order valence-corrected chi connectivity index (χ2v) is 4.75. The molecule has 0 amide bonds. The third-order valence-corrected chi connectivity index (χ3v) is 3.00. The number of rotatable bonds is 4. The molecule has 0 saturated heterocycles. The first-order valence-electron chi connectivity index (χ1n) is 6.27. The van der Waals surface area contributed by atoms with Gasteiger partial charge in [0, 0.05) is 17.8 Å². The van der Waals surface area contributed by atoms with E-state index in [4.69, 9.17) is 0 Å². The molecule has 0 unspecified atom stereocenters. The summed E-state index contributed by atoms with van der Waals surface area (Å²) in [5.74, 6) is -0.455. The smallest absolute Gasteiger partial charge is 0.297 e. The van der Waals surface area contributed by atoms with Gasteiger partial charge in [0.2, 0.25) is 0 Å². The van der Waals surface area contributed by atoms with Gasteiger partial charge in [-0.05, 0) is 37.6 Å². The molecule has 0 bridgehead atoms. The molecule has 0 spiro atoms. The Morgan fingerprint density at radius 2 is 1.90 bits per heavy atom. The van der Waals surface area contributed by atoms with Gasteiger partial charge in [-0.1, -0.05) is 12.1 Å². The summed E-state index contributed by atoms with van der Waals surface area (Å²) in [4.78, 5) is 27.5. The maximum atomic E-state index is 12.8. The highest BCUT2D eigenvalue weighted by Crippen LogP contribution is 2.05. The molecule has 0 aliphatic rings. The van der Waals surface area contributed by atoms with Crippen molar-refractivity contribution in [2.24, 2.45) is 0 Å². The molecule has 2 aromatic rings. The fourth-order valence-electron chi connectivity index (χ4n) is 2.03. The third-order valence-electron chi connectivity index (χ3n) is 3.00. The number of aromatic nitrogens is 2. The van der Waals surface area contributed by atoms with Crippen LogP contribution in [0.25, 0.3) is 0 Å². The normalized spacial score (nSPS) is 10.6. The summed E-state index contributed by atoms with van der Waals surface area (Å²) in [6, 6.07) is 7.51. The average molecular weight is 274 g/mol. The van der Waals surface area contributed by atoms with Crippen LogP contribution in [0.4, 0.5) is 4.39 Å². The van der Waals surface area contributed by atoms with Gasteiger partial charge in [0.05, 0.1) is 6.54 Å². The number of aryl methyl sites for hydroxylation is 2. The number of nitrogens with zero attached hydrogens (tertiary/aromatic N) is 2. The summed E-state index contributed by atoms with van der Waals surface area (Å²) >= 11 is 0. The van der Waals surface area contributed by atoms with Gasteiger partial charge in [-0.3, -0.25) is 9.36 Å². The zero-order chi connectivity index (χ0) is 14.7. The molecule has 104 valence electrons. The lowest BCUT2D eigenvalue weighted by Gasteiger charge is -2.09. The molecule has 1 aromatic heterocycles. The predicted octanol–water partition coefficient (Wildman–Crippen LogP) is 1.81. The van der Waals surface area contributed by atoms with E-state index in [0.29, 0.717) is 11.4 Å². The second-order valence-electron chi connectivity index (χ2n) is 4.75. The number of carbonyl (C=O) groups is 1. The number of ketones is 1. The topological polar surface area (TPSA) is 52.0 Å². The zero-order valence-corrected chi connectivity index (χ0v) is 11.4. The minimum Gasteiger partial charge on any atom is -0.297 e. The van der Waals surface area contributed by atoms with E-state index >= 15 is 0 Å².